The Hall–Kier alpha value is -1.90. The van der Waals surface area contributed by atoms with Gasteiger partial charge in [-0.25, -0.2) is 13.2 Å². The molecule has 2 aromatic rings. The normalized spacial score (nSPS) is 10.1. The lowest BCUT2D eigenvalue weighted by molar-refractivity contribution is 0.565. The fourth-order valence-electron chi connectivity index (χ4n) is 1.64. The first kappa shape index (κ1) is 15.5. The minimum Gasteiger partial charge on any atom is -0.320 e. The molecule has 0 radical (unpaired) electrons. The molecule has 0 fully saturated rings. The van der Waals surface area contributed by atoms with Crippen LogP contribution in [-0.2, 0) is 5.75 Å². The van der Waals surface area contributed by atoms with Crippen molar-refractivity contribution >= 4 is 11.8 Å². The van der Waals surface area contributed by atoms with Gasteiger partial charge in [-0.2, -0.15) is 0 Å². The van der Waals surface area contributed by atoms with Crippen LogP contribution in [0, 0.1) is 29.3 Å². The SMILES string of the molecule is NCC#Cc1ccc(CSc2ccc(F)cc2F)c(F)c1. The molecule has 0 unspecified atom stereocenters. The van der Waals surface area contributed by atoms with Crippen LogP contribution in [0.25, 0.3) is 0 Å². The molecule has 1 nitrogen and oxygen atoms in total. The maximum absolute atomic E-state index is 13.9. The molecule has 0 aliphatic carbocycles. The number of thioether (sulfide) groups is 1. The highest BCUT2D eigenvalue weighted by atomic mass is 32.2. The van der Waals surface area contributed by atoms with E-state index in [0.717, 1.165) is 17.8 Å². The van der Waals surface area contributed by atoms with Crippen LogP contribution in [0.15, 0.2) is 41.3 Å². The van der Waals surface area contributed by atoms with Crippen molar-refractivity contribution in [1.82, 2.24) is 0 Å². The predicted molar refractivity (Wildman–Crippen MR) is 78.3 cm³/mol. The molecule has 0 bridgehead atoms. The summed E-state index contributed by atoms with van der Waals surface area (Å²) >= 11 is 1.11. The van der Waals surface area contributed by atoms with E-state index in [1.165, 1.54) is 18.2 Å². The number of halogens is 3. The lowest BCUT2D eigenvalue weighted by Crippen LogP contribution is -1.94. The van der Waals surface area contributed by atoms with E-state index in [0.29, 0.717) is 11.1 Å². The first-order valence-electron chi connectivity index (χ1n) is 6.15. The van der Waals surface area contributed by atoms with Crippen molar-refractivity contribution < 1.29 is 13.2 Å². The molecule has 5 heteroatoms. The molecule has 2 aromatic carbocycles. The summed E-state index contributed by atoms with van der Waals surface area (Å²) < 4.78 is 40.1. The Morgan fingerprint density at radius 1 is 1.00 bits per heavy atom. The van der Waals surface area contributed by atoms with Gasteiger partial charge < -0.3 is 5.73 Å². The fraction of sp³-hybridized carbons (Fsp3) is 0.125. The van der Waals surface area contributed by atoms with Gasteiger partial charge in [-0.1, -0.05) is 17.9 Å². The third-order valence-electron chi connectivity index (χ3n) is 2.66. The van der Waals surface area contributed by atoms with E-state index >= 15 is 0 Å². The molecule has 0 saturated heterocycles. The lowest BCUT2D eigenvalue weighted by atomic mass is 10.1. The van der Waals surface area contributed by atoms with Crippen molar-refractivity contribution in [3.05, 3.63) is 65.0 Å². The fourth-order valence-corrected chi connectivity index (χ4v) is 2.55. The third-order valence-corrected chi connectivity index (χ3v) is 3.76. The third kappa shape index (κ3) is 4.28. The van der Waals surface area contributed by atoms with Gasteiger partial charge in [-0.15, -0.1) is 11.8 Å². The topological polar surface area (TPSA) is 26.0 Å². The van der Waals surface area contributed by atoms with Crippen LogP contribution in [0.2, 0.25) is 0 Å². The number of nitrogens with two attached hydrogens (primary N) is 1. The highest BCUT2D eigenvalue weighted by molar-refractivity contribution is 7.98. The van der Waals surface area contributed by atoms with E-state index in [1.54, 1.807) is 12.1 Å². The monoisotopic (exact) mass is 307 g/mol. The zero-order chi connectivity index (χ0) is 15.2. The van der Waals surface area contributed by atoms with Crippen LogP contribution in [0.1, 0.15) is 11.1 Å². The van der Waals surface area contributed by atoms with Gasteiger partial charge in [0.1, 0.15) is 17.5 Å². The molecule has 0 heterocycles. The molecular weight excluding hydrogens is 295 g/mol. The van der Waals surface area contributed by atoms with Crippen LogP contribution < -0.4 is 5.73 Å². The molecule has 0 aliphatic rings. The van der Waals surface area contributed by atoms with Crippen LogP contribution in [0.4, 0.5) is 13.2 Å². The zero-order valence-electron chi connectivity index (χ0n) is 11.0. The van der Waals surface area contributed by atoms with Gasteiger partial charge in [0, 0.05) is 22.3 Å². The van der Waals surface area contributed by atoms with Crippen molar-refractivity contribution in [3.63, 3.8) is 0 Å². The maximum atomic E-state index is 13.9. The summed E-state index contributed by atoms with van der Waals surface area (Å²) in [6.45, 7) is 0.211. The van der Waals surface area contributed by atoms with Crippen LogP contribution in [0.3, 0.4) is 0 Å². The van der Waals surface area contributed by atoms with E-state index in [9.17, 15) is 13.2 Å². The van der Waals surface area contributed by atoms with Crippen molar-refractivity contribution in [2.24, 2.45) is 5.73 Å². The molecule has 0 aromatic heterocycles. The molecule has 0 saturated carbocycles. The minimum absolute atomic E-state index is 0.211. The smallest absolute Gasteiger partial charge is 0.139 e. The second kappa shape index (κ2) is 7.21. The van der Waals surface area contributed by atoms with E-state index in [1.807, 2.05) is 0 Å². The van der Waals surface area contributed by atoms with Gasteiger partial charge in [-0.05, 0) is 29.8 Å². The van der Waals surface area contributed by atoms with Crippen molar-refractivity contribution in [2.45, 2.75) is 10.6 Å². The Morgan fingerprint density at radius 2 is 1.81 bits per heavy atom. The molecule has 2 rings (SSSR count). The van der Waals surface area contributed by atoms with Gasteiger partial charge in [0.2, 0.25) is 0 Å². The molecular formula is C16H12F3NS. The van der Waals surface area contributed by atoms with Crippen LogP contribution in [-0.4, -0.2) is 6.54 Å². The summed E-state index contributed by atoms with van der Waals surface area (Å²) in [5.74, 6) is 3.94. The average Bonchev–Trinajstić information content (AvgIpc) is 2.45. The van der Waals surface area contributed by atoms with Crippen molar-refractivity contribution in [3.8, 4) is 11.8 Å². The largest absolute Gasteiger partial charge is 0.320 e. The first-order valence-corrected chi connectivity index (χ1v) is 7.14. The summed E-state index contributed by atoms with van der Waals surface area (Å²) in [7, 11) is 0. The standard InChI is InChI=1S/C16H12F3NS/c17-13-5-6-16(15(19)9-13)21-10-12-4-3-11(2-1-7-20)8-14(12)18/h3-6,8-9H,7,10,20H2. The molecule has 0 aliphatic heterocycles. The van der Waals surface area contributed by atoms with Gasteiger partial charge >= 0.3 is 0 Å². The van der Waals surface area contributed by atoms with Gasteiger partial charge in [-0.3, -0.25) is 0 Å². The summed E-state index contributed by atoms with van der Waals surface area (Å²) in [6.07, 6.45) is 0. The highest BCUT2D eigenvalue weighted by Crippen LogP contribution is 2.27. The number of rotatable bonds is 3. The molecule has 0 spiro atoms. The van der Waals surface area contributed by atoms with Crippen molar-refractivity contribution in [2.75, 3.05) is 6.54 Å². The molecule has 2 N–H and O–H groups in total. The van der Waals surface area contributed by atoms with Gasteiger partial charge in [0.05, 0.1) is 6.54 Å². The molecule has 108 valence electrons. The van der Waals surface area contributed by atoms with E-state index in [-0.39, 0.29) is 17.2 Å². The Labute approximate surface area is 125 Å². The zero-order valence-corrected chi connectivity index (χ0v) is 11.8. The Kier molecular flexibility index (Phi) is 5.32. The van der Waals surface area contributed by atoms with E-state index in [2.05, 4.69) is 11.8 Å². The molecule has 0 amide bonds. The van der Waals surface area contributed by atoms with E-state index < -0.39 is 17.5 Å². The lowest BCUT2D eigenvalue weighted by Gasteiger charge is -2.05. The second-order valence-corrected chi connectivity index (χ2v) is 5.19. The maximum Gasteiger partial charge on any atom is 0.139 e. The summed E-state index contributed by atoms with van der Waals surface area (Å²) in [4.78, 5) is 0.280. The Bertz CT molecular complexity index is 704. The molecule has 21 heavy (non-hydrogen) atoms. The number of hydrogen-bond acceptors (Lipinski definition) is 2. The van der Waals surface area contributed by atoms with E-state index in [4.69, 9.17) is 5.73 Å². The molecule has 0 atom stereocenters. The first-order chi connectivity index (χ1) is 10.1. The van der Waals surface area contributed by atoms with Crippen molar-refractivity contribution in [1.29, 1.82) is 0 Å². The number of benzene rings is 2. The average molecular weight is 307 g/mol. The second-order valence-electron chi connectivity index (χ2n) is 4.18. The van der Waals surface area contributed by atoms with Gasteiger partial charge in [0.25, 0.3) is 0 Å². The van der Waals surface area contributed by atoms with Crippen LogP contribution in [0.5, 0.6) is 0 Å². The highest BCUT2D eigenvalue weighted by Gasteiger charge is 2.07. The minimum atomic E-state index is -0.647. The quantitative estimate of drug-likeness (QED) is 0.691. The Balaban J connectivity index is 2.09. The summed E-state index contributed by atoms with van der Waals surface area (Å²) in [5.41, 5.74) is 6.22. The Morgan fingerprint density at radius 3 is 2.48 bits per heavy atom. The number of hydrogen-bond donors (Lipinski definition) is 1. The van der Waals surface area contributed by atoms with Gasteiger partial charge in [0.15, 0.2) is 0 Å². The summed E-state index contributed by atoms with van der Waals surface area (Å²) in [6, 6.07) is 7.93. The van der Waals surface area contributed by atoms with Crippen LogP contribution >= 0.6 is 11.8 Å². The summed E-state index contributed by atoms with van der Waals surface area (Å²) in [5, 5.41) is 0. The predicted octanol–water partition coefficient (Wildman–Crippen LogP) is 3.71.